The molecular weight excluding hydrogens is 1760 g/mol. The number of rotatable bonds is 55. The summed E-state index contributed by atoms with van der Waals surface area (Å²) in [6.45, 7) is 38.6. The fraction of sp³-hybridized carbons (Fsp3) is 0.309. The van der Waals surface area contributed by atoms with Gasteiger partial charge in [-0.2, -0.15) is 0 Å². The van der Waals surface area contributed by atoms with Crippen LogP contribution >= 0.6 is 0 Å². The standard InChI is InChI=1S/C20H25NO7.2C19H23NO7.2C18H21NO7/c1-14(2)18(22)25-11-10-21-20(24)28-17(13-27-19(23)15(3)4)12-26-16-8-6-5-7-9-16;1-4-17(21)24-11-10-20-19(23)26-13-16(27-18(22)14(2)3)12-25-15-8-6-5-7-9-15;1-4-17(21)24-11-10-20-19(23)27-16(13-26-18(22)14(2)3)12-25-15-8-6-5-7-9-15;1-3-16(20)23-11-10-19-18(22)25-13-15(26-17(21)4-2)12-24-14-8-6-5-7-9-14;1-3-16(20)23-11-10-19-18(22)26-15(13-25-17(21)4-2)12-24-14-8-6-5-7-9-14/h5-9,17H,1,3,10-13H2,2,4H3,(H,21,24);2*4-9,16H,1-2,10-13H2,3H3,(H,20,23);2*3-9,15H,1-2,10-13H2,(H,19,22). The molecule has 40 nitrogen and oxygen atoms in total. The number of esters is 10. The largest absolute Gasteiger partial charge is 0.490 e. The van der Waals surface area contributed by atoms with Crippen LogP contribution in [0.3, 0.4) is 0 Å². The SMILES string of the molecule is C=C(C)C(=O)OCCNC(=O)OC(COC(=O)C(=C)C)COc1ccccc1.C=CC(=O)OCCNC(=O)OC(COC(=O)C(=C)C)COc1ccccc1.C=CC(=O)OCCNC(=O)OC(COC(=O)C=C)COc1ccccc1.C=CC(=O)OCCNC(=O)OCC(COc1ccccc1)OC(=O)C(=C)C.C=CC(=O)OCCNC(=O)OCC(COc1ccccc1)OC(=O)C=C. The fourth-order valence-corrected chi connectivity index (χ4v) is 8.29. The summed E-state index contributed by atoms with van der Waals surface area (Å²) < 4.78 is 102. The lowest BCUT2D eigenvalue weighted by atomic mass is 10.3. The second-order valence-electron chi connectivity index (χ2n) is 26.1. The maximum Gasteiger partial charge on any atom is 0.407 e. The second-order valence-corrected chi connectivity index (χ2v) is 26.1. The number of benzene rings is 5. The van der Waals surface area contributed by atoms with Crippen LogP contribution in [0.25, 0.3) is 0 Å². The lowest BCUT2D eigenvalue weighted by molar-refractivity contribution is -0.148. The lowest BCUT2D eigenvalue weighted by Gasteiger charge is -2.19. The molecule has 0 heterocycles. The molecule has 0 aliphatic carbocycles. The van der Waals surface area contributed by atoms with E-state index in [-0.39, 0.29) is 154 Å². The molecule has 0 aliphatic heterocycles. The molecule has 5 aromatic carbocycles. The molecule has 0 aliphatic rings. The van der Waals surface area contributed by atoms with Crippen molar-refractivity contribution in [2.45, 2.75) is 58.2 Å². The summed E-state index contributed by atoms with van der Waals surface area (Å²) in [6, 6.07) is 44.5. The molecular formula is C94H113N5O35. The molecule has 0 saturated heterocycles. The number of nitrogens with one attached hydrogen (secondary N) is 5. The van der Waals surface area contributed by atoms with Crippen molar-refractivity contribution >= 4 is 90.2 Å². The molecule has 5 amide bonds. The first-order valence-electron chi connectivity index (χ1n) is 40.4. The zero-order chi connectivity index (χ0) is 99.5. The molecule has 134 heavy (non-hydrogen) atoms. The van der Waals surface area contributed by atoms with Gasteiger partial charge in [0.1, 0.15) is 128 Å². The van der Waals surface area contributed by atoms with Gasteiger partial charge in [-0.25, -0.2) is 71.9 Å². The smallest absolute Gasteiger partial charge is 0.407 e. The highest BCUT2D eigenvalue weighted by Crippen LogP contribution is 2.16. The minimum Gasteiger partial charge on any atom is -0.490 e. The van der Waals surface area contributed by atoms with Crippen LogP contribution in [0.1, 0.15) is 27.7 Å². The Kier molecular flexibility index (Phi) is 62.5. The molecule has 0 radical (unpaired) electrons. The lowest BCUT2D eigenvalue weighted by Crippen LogP contribution is -2.37. The minimum atomic E-state index is -0.846. The third-order valence-electron chi connectivity index (χ3n) is 14.7. The first kappa shape index (κ1) is 116. The molecule has 0 spiro atoms. The Bertz CT molecular complexity index is 4570. The zero-order valence-corrected chi connectivity index (χ0v) is 74.8. The number of ether oxygens (including phenoxy) is 20. The average Bonchev–Trinajstić information content (AvgIpc) is 0.922. The van der Waals surface area contributed by atoms with Gasteiger partial charge in [-0.3, -0.25) is 0 Å². The van der Waals surface area contributed by atoms with Crippen molar-refractivity contribution in [1.29, 1.82) is 0 Å². The summed E-state index contributed by atoms with van der Waals surface area (Å²) in [7, 11) is 0. The number of hydrogen-bond donors (Lipinski definition) is 5. The Hall–Kier alpha value is -16.5. The number of carbonyl (C=O) groups is 15. The van der Waals surface area contributed by atoms with E-state index in [1.807, 2.05) is 30.3 Å². The van der Waals surface area contributed by atoms with Gasteiger partial charge in [0.15, 0.2) is 30.5 Å². The minimum absolute atomic E-state index is 0.00613. The second kappa shape index (κ2) is 72.5. The van der Waals surface area contributed by atoms with Crippen LogP contribution in [0.5, 0.6) is 28.7 Å². The van der Waals surface area contributed by atoms with E-state index in [2.05, 4.69) is 92.4 Å². The fourth-order valence-electron chi connectivity index (χ4n) is 8.29. The first-order valence-corrected chi connectivity index (χ1v) is 40.4. The van der Waals surface area contributed by atoms with Crippen LogP contribution in [0.15, 0.2) is 276 Å². The average molecular weight is 1870 g/mol. The van der Waals surface area contributed by atoms with Crippen molar-refractivity contribution in [3.8, 4) is 28.7 Å². The summed E-state index contributed by atoms with van der Waals surface area (Å²) in [5, 5.41) is 12.0. The summed E-state index contributed by atoms with van der Waals surface area (Å²) >= 11 is 0. The van der Waals surface area contributed by atoms with Crippen LogP contribution in [-0.2, 0) is 119 Å². The molecule has 5 rings (SSSR count). The molecule has 0 aromatic heterocycles. The normalized spacial score (nSPS) is 10.8. The quantitative estimate of drug-likeness (QED) is 0.0105. The van der Waals surface area contributed by atoms with Crippen molar-refractivity contribution in [2.75, 3.05) is 132 Å². The predicted molar refractivity (Wildman–Crippen MR) is 481 cm³/mol. The van der Waals surface area contributed by atoms with E-state index in [1.54, 1.807) is 121 Å². The van der Waals surface area contributed by atoms with Crippen molar-refractivity contribution < 1.29 is 167 Å². The van der Waals surface area contributed by atoms with Crippen molar-refractivity contribution in [3.05, 3.63) is 276 Å². The van der Waals surface area contributed by atoms with Crippen LogP contribution in [0.2, 0.25) is 0 Å². The zero-order valence-electron chi connectivity index (χ0n) is 74.8. The van der Waals surface area contributed by atoms with E-state index in [0.717, 1.165) is 36.5 Å². The molecule has 0 bridgehead atoms. The van der Waals surface area contributed by atoms with Gasteiger partial charge in [0, 0.05) is 58.7 Å². The van der Waals surface area contributed by atoms with E-state index in [9.17, 15) is 71.9 Å². The van der Waals surface area contributed by atoms with Crippen molar-refractivity contribution in [1.82, 2.24) is 26.6 Å². The number of amides is 5. The molecule has 5 aromatic rings. The van der Waals surface area contributed by atoms with Crippen molar-refractivity contribution in [3.63, 3.8) is 0 Å². The van der Waals surface area contributed by atoms with E-state index in [4.69, 9.17) is 94.7 Å². The Morgan fingerprint density at radius 1 is 0.231 bits per heavy atom. The molecule has 724 valence electrons. The highest BCUT2D eigenvalue weighted by Gasteiger charge is 2.24. The van der Waals surface area contributed by atoms with Gasteiger partial charge in [0.25, 0.3) is 0 Å². The summed E-state index contributed by atoms with van der Waals surface area (Å²) in [5.41, 5.74) is 0.936. The third-order valence-corrected chi connectivity index (χ3v) is 14.7. The molecule has 5 unspecified atom stereocenters. The van der Waals surface area contributed by atoms with E-state index in [0.29, 0.717) is 28.7 Å². The highest BCUT2D eigenvalue weighted by molar-refractivity contribution is 5.89. The Labute approximate surface area is 775 Å². The molecule has 0 fully saturated rings. The van der Waals surface area contributed by atoms with Gasteiger partial charge in [-0.1, -0.05) is 157 Å². The van der Waals surface area contributed by atoms with E-state index >= 15 is 0 Å². The summed E-state index contributed by atoms with van der Waals surface area (Å²) in [5.74, 6) is -3.11. The predicted octanol–water partition coefficient (Wildman–Crippen LogP) is 9.65. The van der Waals surface area contributed by atoms with Crippen LogP contribution in [-0.4, -0.2) is 253 Å². The van der Waals surface area contributed by atoms with Gasteiger partial charge in [-0.05, 0) is 88.4 Å². The Morgan fingerprint density at radius 2 is 0.433 bits per heavy atom. The number of carbonyl (C=O) groups excluding carboxylic acids is 15. The van der Waals surface area contributed by atoms with Gasteiger partial charge in [0.2, 0.25) is 0 Å². The van der Waals surface area contributed by atoms with Crippen LogP contribution < -0.4 is 50.3 Å². The Balaban J connectivity index is 0.000000838. The summed E-state index contributed by atoms with van der Waals surface area (Å²) in [6.07, 6.45) is -1.88. The van der Waals surface area contributed by atoms with Crippen molar-refractivity contribution in [2.24, 2.45) is 0 Å². The topological polar surface area (TPSA) is 501 Å². The van der Waals surface area contributed by atoms with Crippen LogP contribution in [0, 0.1) is 0 Å². The molecule has 40 heteroatoms. The maximum atomic E-state index is 11.9. The molecule has 5 N–H and O–H groups in total. The molecule has 0 saturated carbocycles. The van der Waals surface area contributed by atoms with E-state index in [1.165, 1.54) is 27.7 Å². The van der Waals surface area contributed by atoms with Gasteiger partial charge < -0.3 is 121 Å². The monoisotopic (exact) mass is 1870 g/mol. The molecule has 5 atom stereocenters. The van der Waals surface area contributed by atoms with Gasteiger partial charge in [0.05, 0.1) is 32.7 Å². The van der Waals surface area contributed by atoms with Crippen LogP contribution in [0.4, 0.5) is 24.0 Å². The summed E-state index contributed by atoms with van der Waals surface area (Å²) in [4.78, 5) is 171. The van der Waals surface area contributed by atoms with Gasteiger partial charge in [-0.15, -0.1) is 0 Å². The van der Waals surface area contributed by atoms with Gasteiger partial charge >= 0.3 is 90.2 Å². The number of hydrogen-bond acceptors (Lipinski definition) is 35. The number of para-hydroxylation sites is 5. The maximum absolute atomic E-state index is 11.9. The third kappa shape index (κ3) is 61.9. The Morgan fingerprint density at radius 3 is 0.679 bits per heavy atom. The number of alkyl carbamates (subject to hydrolysis) is 5. The first-order chi connectivity index (χ1) is 64.2. The highest BCUT2D eigenvalue weighted by atomic mass is 16.6. The van der Waals surface area contributed by atoms with E-state index < -0.39 is 121 Å².